The summed E-state index contributed by atoms with van der Waals surface area (Å²) in [6.45, 7) is 5.50. The minimum absolute atomic E-state index is 0.0159. The standard InChI is InChI=1S/C25H26F7N3O2S/c1-23(2,3)13-35-12-17(22(25(30,31)32)34-38(36,37)14-6-4-7-14)15-10-19(26)16(11-20(15)35)21-18(24(27,28)29)8-5-9-33-21/h5,8-12,14,22,34H,4,6-7,13H2,1-3H3. The van der Waals surface area contributed by atoms with Gasteiger partial charge in [0.1, 0.15) is 11.9 Å². The van der Waals surface area contributed by atoms with Crippen molar-refractivity contribution in [1.29, 1.82) is 0 Å². The zero-order valence-electron chi connectivity index (χ0n) is 20.7. The van der Waals surface area contributed by atoms with Gasteiger partial charge in [-0.05, 0) is 42.5 Å². The van der Waals surface area contributed by atoms with Crippen LogP contribution in [0.3, 0.4) is 0 Å². The fourth-order valence-electron chi connectivity index (χ4n) is 4.49. The van der Waals surface area contributed by atoms with Gasteiger partial charge < -0.3 is 4.57 Å². The number of benzene rings is 1. The molecule has 2 heterocycles. The van der Waals surface area contributed by atoms with E-state index < -0.39 is 67.3 Å². The first-order valence-corrected chi connectivity index (χ1v) is 13.4. The lowest BCUT2D eigenvalue weighted by atomic mass is 9.96. The Morgan fingerprint density at radius 1 is 1.11 bits per heavy atom. The highest BCUT2D eigenvalue weighted by Gasteiger charge is 2.47. The molecule has 1 N–H and O–H groups in total. The molecule has 1 atom stereocenters. The Morgan fingerprint density at radius 3 is 2.29 bits per heavy atom. The Hall–Kier alpha value is -2.67. The van der Waals surface area contributed by atoms with E-state index in [0.29, 0.717) is 12.5 Å². The van der Waals surface area contributed by atoms with Crippen LogP contribution in [0.2, 0.25) is 0 Å². The Balaban J connectivity index is 1.95. The molecule has 0 bridgehead atoms. The van der Waals surface area contributed by atoms with Crippen LogP contribution in [-0.2, 0) is 22.7 Å². The third kappa shape index (κ3) is 5.68. The maximum absolute atomic E-state index is 15.4. The lowest BCUT2D eigenvalue weighted by Crippen LogP contribution is -2.44. The van der Waals surface area contributed by atoms with Gasteiger partial charge in [-0.25, -0.2) is 12.8 Å². The van der Waals surface area contributed by atoms with Crippen LogP contribution in [0.1, 0.15) is 57.2 Å². The topological polar surface area (TPSA) is 64.0 Å². The first-order valence-electron chi connectivity index (χ1n) is 11.8. The number of nitrogens with zero attached hydrogens (tertiary/aromatic N) is 2. The fraction of sp³-hybridized carbons (Fsp3) is 0.480. The van der Waals surface area contributed by atoms with Gasteiger partial charge in [-0.2, -0.15) is 31.1 Å². The zero-order valence-corrected chi connectivity index (χ0v) is 21.5. The highest BCUT2D eigenvalue weighted by Crippen LogP contribution is 2.43. The van der Waals surface area contributed by atoms with E-state index >= 15 is 4.39 Å². The van der Waals surface area contributed by atoms with Gasteiger partial charge in [0.05, 0.1) is 16.5 Å². The quantitative estimate of drug-likeness (QED) is 0.328. The molecule has 1 aliphatic carbocycles. The summed E-state index contributed by atoms with van der Waals surface area (Å²) < 4.78 is 127. The van der Waals surface area contributed by atoms with Gasteiger partial charge in [0.15, 0.2) is 0 Å². The molecule has 2 aromatic heterocycles. The zero-order chi connectivity index (χ0) is 28.3. The molecule has 1 aliphatic rings. The molecule has 0 saturated heterocycles. The minimum atomic E-state index is -5.07. The van der Waals surface area contributed by atoms with Crippen molar-refractivity contribution in [3.05, 3.63) is 53.6 Å². The Labute approximate surface area is 215 Å². The van der Waals surface area contributed by atoms with Crippen molar-refractivity contribution < 1.29 is 39.2 Å². The highest BCUT2D eigenvalue weighted by atomic mass is 32.2. The van der Waals surface area contributed by atoms with Crippen LogP contribution in [0.5, 0.6) is 0 Å². The summed E-state index contributed by atoms with van der Waals surface area (Å²) in [5.74, 6) is -1.22. The molecule has 1 saturated carbocycles. The van der Waals surface area contributed by atoms with Crippen molar-refractivity contribution in [3.8, 4) is 11.3 Å². The van der Waals surface area contributed by atoms with E-state index in [-0.39, 0.29) is 30.3 Å². The molecule has 5 nitrogen and oxygen atoms in total. The molecule has 0 spiro atoms. The molecule has 208 valence electrons. The van der Waals surface area contributed by atoms with Crippen LogP contribution in [0.4, 0.5) is 30.7 Å². The van der Waals surface area contributed by atoms with Crippen LogP contribution in [-0.4, -0.2) is 29.4 Å². The molecule has 1 fully saturated rings. The normalized spacial score (nSPS) is 16.6. The van der Waals surface area contributed by atoms with Crippen molar-refractivity contribution in [1.82, 2.24) is 14.3 Å². The van der Waals surface area contributed by atoms with Gasteiger partial charge in [0.2, 0.25) is 10.0 Å². The third-order valence-corrected chi connectivity index (χ3v) is 8.34. The Kier molecular flexibility index (Phi) is 7.09. The largest absolute Gasteiger partial charge is 0.418 e. The van der Waals surface area contributed by atoms with Gasteiger partial charge in [0, 0.05) is 41.0 Å². The van der Waals surface area contributed by atoms with Crippen LogP contribution in [0, 0.1) is 11.2 Å². The molecule has 38 heavy (non-hydrogen) atoms. The van der Waals surface area contributed by atoms with Gasteiger partial charge >= 0.3 is 12.4 Å². The van der Waals surface area contributed by atoms with Crippen LogP contribution in [0.15, 0.2) is 36.7 Å². The predicted molar refractivity (Wildman–Crippen MR) is 128 cm³/mol. The van der Waals surface area contributed by atoms with Gasteiger partial charge in [-0.3, -0.25) is 4.98 Å². The van der Waals surface area contributed by atoms with E-state index in [1.54, 1.807) is 25.5 Å². The van der Waals surface area contributed by atoms with E-state index in [9.17, 15) is 34.8 Å². The summed E-state index contributed by atoms with van der Waals surface area (Å²) in [5.41, 5.74) is -3.47. The van der Waals surface area contributed by atoms with E-state index in [1.807, 2.05) is 0 Å². The molecular formula is C25H26F7N3O2S. The monoisotopic (exact) mass is 565 g/mol. The molecule has 1 aromatic carbocycles. The number of aromatic nitrogens is 2. The Bertz CT molecular complexity index is 1450. The number of nitrogens with one attached hydrogen (secondary N) is 1. The fourth-order valence-corrected chi connectivity index (χ4v) is 6.22. The molecule has 3 aromatic rings. The average molecular weight is 566 g/mol. The predicted octanol–water partition coefficient (Wildman–Crippen LogP) is 6.98. The van der Waals surface area contributed by atoms with E-state index in [2.05, 4.69) is 4.98 Å². The number of alkyl halides is 6. The molecule has 1 unspecified atom stereocenters. The van der Waals surface area contributed by atoms with Gasteiger partial charge in [0.25, 0.3) is 0 Å². The number of pyridine rings is 1. The summed E-state index contributed by atoms with van der Waals surface area (Å²) in [6.07, 6.45) is -6.74. The van der Waals surface area contributed by atoms with Gasteiger partial charge in [-0.1, -0.05) is 27.2 Å². The summed E-state index contributed by atoms with van der Waals surface area (Å²) in [4.78, 5) is 3.71. The number of fused-ring (bicyclic) bond motifs is 1. The highest BCUT2D eigenvalue weighted by molar-refractivity contribution is 7.90. The maximum atomic E-state index is 15.4. The number of hydrogen-bond acceptors (Lipinski definition) is 3. The van der Waals surface area contributed by atoms with Crippen molar-refractivity contribution in [2.75, 3.05) is 0 Å². The second kappa shape index (κ2) is 9.51. The molecule has 0 radical (unpaired) electrons. The first-order chi connectivity index (χ1) is 17.4. The van der Waals surface area contributed by atoms with Crippen LogP contribution >= 0.6 is 0 Å². The SMILES string of the molecule is CC(C)(C)Cn1cc(C(NS(=O)(=O)C2CCC2)C(F)(F)F)c2cc(F)c(-c3ncccc3C(F)(F)F)cc21. The second-order valence-corrected chi connectivity index (χ2v) is 12.7. The summed E-state index contributed by atoms with van der Waals surface area (Å²) >= 11 is 0. The summed E-state index contributed by atoms with van der Waals surface area (Å²) in [5, 5.41) is -1.22. The van der Waals surface area contributed by atoms with Crippen molar-refractivity contribution >= 4 is 20.9 Å². The lowest BCUT2D eigenvalue weighted by molar-refractivity contribution is -0.152. The van der Waals surface area contributed by atoms with Gasteiger partial charge in [-0.15, -0.1) is 0 Å². The second-order valence-electron chi connectivity index (χ2n) is 10.7. The van der Waals surface area contributed by atoms with Crippen LogP contribution in [0.25, 0.3) is 22.2 Å². The number of rotatable bonds is 6. The Morgan fingerprint density at radius 2 is 1.76 bits per heavy atom. The van der Waals surface area contributed by atoms with Crippen molar-refractivity contribution in [2.24, 2.45) is 5.41 Å². The van der Waals surface area contributed by atoms with Crippen molar-refractivity contribution in [3.63, 3.8) is 0 Å². The molecule has 0 aliphatic heterocycles. The lowest BCUT2D eigenvalue weighted by Gasteiger charge is -2.29. The third-order valence-electron chi connectivity index (χ3n) is 6.43. The maximum Gasteiger partial charge on any atom is 0.418 e. The smallest absolute Gasteiger partial charge is 0.347 e. The van der Waals surface area contributed by atoms with Crippen molar-refractivity contribution in [2.45, 2.75) is 70.2 Å². The van der Waals surface area contributed by atoms with E-state index in [1.165, 1.54) is 4.57 Å². The number of hydrogen-bond donors (Lipinski definition) is 1. The molecular weight excluding hydrogens is 539 g/mol. The number of halogens is 7. The van der Waals surface area contributed by atoms with Crippen LogP contribution < -0.4 is 4.72 Å². The number of sulfonamides is 1. The molecule has 4 rings (SSSR count). The van der Waals surface area contributed by atoms with E-state index in [4.69, 9.17) is 0 Å². The first kappa shape index (κ1) is 28.3. The summed E-state index contributed by atoms with van der Waals surface area (Å²) in [6, 6.07) is 0.851. The molecule has 0 amide bonds. The average Bonchev–Trinajstić information content (AvgIpc) is 3.03. The molecule has 13 heteroatoms. The minimum Gasteiger partial charge on any atom is -0.347 e. The summed E-state index contributed by atoms with van der Waals surface area (Å²) in [7, 11) is -4.34. The van der Waals surface area contributed by atoms with E-state index in [0.717, 1.165) is 30.6 Å².